The van der Waals surface area contributed by atoms with Crippen LogP contribution in [0.2, 0.25) is 0 Å². The van der Waals surface area contributed by atoms with Crippen LogP contribution in [-0.4, -0.2) is 28.9 Å². The van der Waals surface area contributed by atoms with Crippen molar-refractivity contribution in [2.24, 2.45) is 0 Å². The zero-order valence-corrected chi connectivity index (χ0v) is 18.7. The predicted octanol–water partition coefficient (Wildman–Crippen LogP) is 7.61. The molecule has 37 heavy (non-hydrogen) atoms. The Hall–Kier alpha value is -4.28. The van der Waals surface area contributed by atoms with E-state index < -0.39 is 28.9 Å². The van der Waals surface area contributed by atoms with Crippen molar-refractivity contribution < 1.29 is 39.9 Å². The highest BCUT2D eigenvalue weighted by molar-refractivity contribution is 5.79. The number of hydrogen-bond acceptors (Lipinski definition) is 5. The van der Waals surface area contributed by atoms with Crippen molar-refractivity contribution in [3.63, 3.8) is 0 Å². The van der Waals surface area contributed by atoms with Crippen molar-refractivity contribution >= 4 is 22.2 Å². The van der Waals surface area contributed by atoms with Gasteiger partial charge in [-0.1, -0.05) is 24.8 Å². The minimum Gasteiger partial charge on any atom is -0.490 e. The van der Waals surface area contributed by atoms with Crippen molar-refractivity contribution in [1.82, 2.24) is 9.97 Å². The second-order valence-corrected chi connectivity index (χ2v) is 8.11. The fourth-order valence-electron chi connectivity index (χ4n) is 4.21. The molecule has 0 aliphatic heterocycles. The summed E-state index contributed by atoms with van der Waals surface area (Å²) in [5.74, 6) is 0.558. The molecule has 0 radical (unpaired) electrons. The first-order chi connectivity index (χ1) is 17.5. The number of rotatable bonds is 6. The van der Waals surface area contributed by atoms with Crippen molar-refractivity contribution in [2.45, 2.75) is 17.8 Å². The number of benzene rings is 3. The number of hydrogen-bond donors (Lipinski definition) is 0. The van der Waals surface area contributed by atoms with Crippen LogP contribution in [0.3, 0.4) is 0 Å². The summed E-state index contributed by atoms with van der Waals surface area (Å²) >= 11 is 0. The van der Waals surface area contributed by atoms with Gasteiger partial charge in [-0.15, -0.1) is 0 Å². The van der Waals surface area contributed by atoms with Gasteiger partial charge in [0.2, 0.25) is 11.3 Å². The Morgan fingerprint density at radius 3 is 2.05 bits per heavy atom. The number of oxazole rings is 2. The molecule has 0 aliphatic carbocycles. The Morgan fingerprint density at radius 1 is 0.811 bits per heavy atom. The number of ether oxygens (including phenoxy) is 1. The summed E-state index contributed by atoms with van der Waals surface area (Å²) in [5.41, 5.74) is -6.23. The molecule has 190 valence electrons. The van der Waals surface area contributed by atoms with Gasteiger partial charge in [0.15, 0.2) is 17.6 Å². The zero-order valence-electron chi connectivity index (χ0n) is 18.7. The number of aromatic nitrogens is 2. The lowest BCUT2D eigenvalue weighted by molar-refractivity contribution is -0.288. The molecule has 3 aromatic carbocycles. The SMILES string of the molecule is C=CCOc1ccc(-c2nc3cc(C(c4ccc5ocnc5c4)(C(F)(F)F)C(F)(F)F)ccc3o2)cc1. The van der Waals surface area contributed by atoms with Crippen molar-refractivity contribution in [2.75, 3.05) is 6.61 Å². The molecule has 2 heterocycles. The quantitative estimate of drug-likeness (QED) is 0.171. The summed E-state index contributed by atoms with van der Waals surface area (Å²) in [6.07, 6.45) is -9.01. The van der Waals surface area contributed by atoms with Gasteiger partial charge in [0.25, 0.3) is 0 Å². The first-order valence-electron chi connectivity index (χ1n) is 10.8. The van der Waals surface area contributed by atoms with Crippen molar-refractivity contribution in [3.8, 4) is 17.2 Å². The largest absolute Gasteiger partial charge is 0.490 e. The molecule has 0 amide bonds. The van der Waals surface area contributed by atoms with Gasteiger partial charge in [-0.2, -0.15) is 26.3 Å². The number of halogens is 6. The first-order valence-corrected chi connectivity index (χ1v) is 10.8. The smallest absolute Gasteiger partial charge is 0.411 e. The lowest BCUT2D eigenvalue weighted by Gasteiger charge is -2.38. The lowest BCUT2D eigenvalue weighted by Crippen LogP contribution is -2.54. The molecule has 0 N–H and O–H groups in total. The average molecular weight is 518 g/mol. The number of alkyl halides is 6. The third kappa shape index (κ3) is 4.00. The normalized spacial score (nSPS) is 12.8. The van der Waals surface area contributed by atoms with Crippen LogP contribution in [0.15, 0.2) is 88.5 Å². The predicted molar refractivity (Wildman–Crippen MR) is 122 cm³/mol. The van der Waals surface area contributed by atoms with Crippen molar-refractivity contribution in [3.05, 3.63) is 90.8 Å². The molecule has 2 aromatic heterocycles. The molecule has 0 saturated carbocycles. The van der Waals surface area contributed by atoms with Gasteiger partial charge in [0.05, 0.1) is 0 Å². The molecule has 0 aliphatic rings. The second kappa shape index (κ2) is 8.68. The Kier molecular flexibility index (Phi) is 5.73. The van der Waals surface area contributed by atoms with E-state index in [1.54, 1.807) is 30.3 Å². The molecule has 5 rings (SSSR count). The average Bonchev–Trinajstić information content (AvgIpc) is 3.48. The standard InChI is InChI=1S/C26H16F6N2O3/c1-2-11-35-18-7-3-15(4-8-18)23-34-20-13-17(6-10-22(20)37-23)24(25(27,28)29,26(30,31)32)16-5-9-21-19(12-16)33-14-36-21/h2-10,12-14H,1,11H2. The minimum absolute atomic E-state index is 0.0240. The van der Waals surface area contributed by atoms with E-state index >= 15 is 0 Å². The summed E-state index contributed by atoms with van der Waals surface area (Å²) in [6.45, 7) is 3.84. The Balaban J connectivity index is 1.65. The summed E-state index contributed by atoms with van der Waals surface area (Å²) < 4.78 is 103. The first kappa shape index (κ1) is 24.4. The number of fused-ring (bicyclic) bond motifs is 2. The van der Waals surface area contributed by atoms with Crippen LogP contribution < -0.4 is 4.74 Å². The Labute approximate surface area is 205 Å². The molecule has 0 saturated heterocycles. The van der Waals surface area contributed by atoms with Crippen LogP contribution in [0.25, 0.3) is 33.7 Å². The highest BCUT2D eigenvalue weighted by atomic mass is 19.4. The molecule has 0 bridgehead atoms. The number of nitrogens with zero attached hydrogens (tertiary/aromatic N) is 2. The van der Waals surface area contributed by atoms with E-state index in [2.05, 4.69) is 16.5 Å². The van der Waals surface area contributed by atoms with Crippen LogP contribution in [-0.2, 0) is 5.41 Å². The van der Waals surface area contributed by atoms with Crippen molar-refractivity contribution in [1.29, 1.82) is 0 Å². The maximum absolute atomic E-state index is 14.5. The van der Waals surface area contributed by atoms with Crippen LogP contribution in [0, 0.1) is 0 Å². The molecule has 11 heteroatoms. The fourth-order valence-corrected chi connectivity index (χ4v) is 4.21. The lowest BCUT2D eigenvalue weighted by atomic mass is 9.72. The van der Waals surface area contributed by atoms with Crippen LogP contribution in [0.4, 0.5) is 26.3 Å². The molecule has 5 aromatic rings. The van der Waals surface area contributed by atoms with E-state index in [4.69, 9.17) is 13.6 Å². The topological polar surface area (TPSA) is 61.3 Å². The second-order valence-electron chi connectivity index (χ2n) is 8.11. The van der Waals surface area contributed by atoms with E-state index in [1.807, 2.05) is 0 Å². The summed E-state index contributed by atoms with van der Waals surface area (Å²) in [6, 6.07) is 11.5. The maximum atomic E-state index is 14.5. The monoisotopic (exact) mass is 518 g/mol. The molecular formula is C26H16F6N2O3. The van der Waals surface area contributed by atoms with E-state index in [1.165, 1.54) is 0 Å². The van der Waals surface area contributed by atoms with Gasteiger partial charge in [-0.3, -0.25) is 0 Å². The van der Waals surface area contributed by atoms with Gasteiger partial charge in [0.1, 0.15) is 23.4 Å². The summed E-state index contributed by atoms with van der Waals surface area (Å²) in [7, 11) is 0. The Morgan fingerprint density at radius 2 is 1.43 bits per heavy atom. The van der Waals surface area contributed by atoms with Gasteiger partial charge in [-0.05, 0) is 59.7 Å². The van der Waals surface area contributed by atoms with Crippen LogP contribution in [0.1, 0.15) is 11.1 Å². The molecule has 0 fully saturated rings. The Bertz CT molecular complexity index is 1570. The van der Waals surface area contributed by atoms with E-state index in [0.717, 1.165) is 42.8 Å². The summed E-state index contributed by atoms with van der Waals surface area (Å²) in [4.78, 5) is 7.88. The van der Waals surface area contributed by atoms with E-state index in [0.29, 0.717) is 11.3 Å². The highest BCUT2D eigenvalue weighted by Gasteiger charge is 2.72. The minimum atomic E-state index is -5.76. The van der Waals surface area contributed by atoms with Gasteiger partial charge < -0.3 is 13.6 Å². The third-order valence-electron chi connectivity index (χ3n) is 5.90. The van der Waals surface area contributed by atoms with Crippen LogP contribution >= 0.6 is 0 Å². The molecule has 0 atom stereocenters. The van der Waals surface area contributed by atoms with Crippen LogP contribution in [0.5, 0.6) is 5.75 Å². The highest BCUT2D eigenvalue weighted by Crippen LogP contribution is 2.56. The third-order valence-corrected chi connectivity index (χ3v) is 5.90. The maximum Gasteiger partial charge on any atom is 0.411 e. The van der Waals surface area contributed by atoms with Gasteiger partial charge in [-0.25, -0.2) is 9.97 Å². The zero-order chi connectivity index (χ0) is 26.4. The van der Waals surface area contributed by atoms with Gasteiger partial charge in [0, 0.05) is 5.56 Å². The van der Waals surface area contributed by atoms with E-state index in [9.17, 15) is 26.3 Å². The molecule has 0 spiro atoms. The fraction of sp³-hybridized carbons (Fsp3) is 0.154. The summed E-state index contributed by atoms with van der Waals surface area (Å²) in [5, 5.41) is 0. The molecule has 5 nitrogen and oxygen atoms in total. The van der Waals surface area contributed by atoms with Gasteiger partial charge >= 0.3 is 12.4 Å². The van der Waals surface area contributed by atoms with E-state index in [-0.39, 0.29) is 34.7 Å². The molecular weight excluding hydrogens is 502 g/mol. The molecule has 0 unspecified atom stereocenters.